The highest BCUT2D eigenvalue weighted by Crippen LogP contribution is 2.37. The van der Waals surface area contributed by atoms with Crippen LogP contribution in [0.3, 0.4) is 0 Å². The Morgan fingerprint density at radius 1 is 1.20 bits per heavy atom. The number of nitrogens with one attached hydrogen (secondary N) is 1. The fourth-order valence-corrected chi connectivity index (χ4v) is 3.92. The number of hydrogen-bond donors (Lipinski definition) is 1. The zero-order chi connectivity index (χ0) is 10.9. The third kappa shape index (κ3) is 2.69. The van der Waals surface area contributed by atoms with Crippen LogP contribution in [0.1, 0.15) is 40.0 Å². The Balaban J connectivity index is 1.91. The molecule has 3 heteroatoms. The molecule has 1 spiro atoms. The first-order valence-electron chi connectivity index (χ1n) is 6.16. The molecule has 2 aliphatic heterocycles. The van der Waals surface area contributed by atoms with Crippen molar-refractivity contribution in [3.05, 3.63) is 0 Å². The van der Waals surface area contributed by atoms with Crippen LogP contribution >= 0.6 is 11.8 Å². The predicted octanol–water partition coefficient (Wildman–Crippen LogP) is 2.30. The molecule has 0 aromatic heterocycles. The first kappa shape index (κ1) is 11.7. The van der Waals surface area contributed by atoms with Crippen molar-refractivity contribution in [3.63, 3.8) is 0 Å². The Morgan fingerprint density at radius 3 is 2.33 bits per heavy atom. The smallest absolute Gasteiger partial charge is 0.0669 e. The Kier molecular flexibility index (Phi) is 3.34. The van der Waals surface area contributed by atoms with Gasteiger partial charge < -0.3 is 5.32 Å². The summed E-state index contributed by atoms with van der Waals surface area (Å²) in [7, 11) is 0. The van der Waals surface area contributed by atoms with Gasteiger partial charge in [0, 0.05) is 18.6 Å². The molecule has 2 nitrogen and oxygen atoms in total. The summed E-state index contributed by atoms with van der Waals surface area (Å²) in [4.78, 5) is 3.05. The molecule has 0 saturated carbocycles. The maximum Gasteiger partial charge on any atom is 0.0669 e. The second kappa shape index (κ2) is 4.27. The largest absolute Gasteiger partial charge is 0.303 e. The van der Waals surface area contributed by atoms with Crippen LogP contribution < -0.4 is 5.32 Å². The lowest BCUT2D eigenvalue weighted by Gasteiger charge is -2.48. The Morgan fingerprint density at radius 2 is 1.87 bits per heavy atom. The zero-order valence-corrected chi connectivity index (χ0v) is 11.1. The maximum absolute atomic E-state index is 3.74. The fraction of sp³-hybridized carbons (Fsp3) is 1.00. The second-order valence-electron chi connectivity index (χ2n) is 5.78. The molecular formula is C12H24N2S. The normalized spacial score (nSPS) is 28.2. The van der Waals surface area contributed by atoms with Gasteiger partial charge >= 0.3 is 0 Å². The molecule has 1 N–H and O–H groups in total. The molecule has 0 bridgehead atoms. The summed E-state index contributed by atoms with van der Waals surface area (Å²) in [6, 6.07) is 0. The number of piperidine rings is 1. The van der Waals surface area contributed by atoms with E-state index in [1.165, 1.54) is 44.6 Å². The summed E-state index contributed by atoms with van der Waals surface area (Å²) >= 11 is 2.16. The third-order valence-corrected chi connectivity index (χ3v) is 5.26. The first-order chi connectivity index (χ1) is 7.02. The molecule has 0 unspecified atom stereocenters. The van der Waals surface area contributed by atoms with Crippen LogP contribution in [0.2, 0.25) is 0 Å². The van der Waals surface area contributed by atoms with Crippen molar-refractivity contribution in [3.8, 4) is 0 Å². The lowest BCUT2D eigenvalue weighted by molar-refractivity contribution is 0.0882. The third-order valence-electron chi connectivity index (χ3n) is 3.67. The van der Waals surface area contributed by atoms with Gasteiger partial charge in [0.25, 0.3) is 0 Å². The molecular weight excluding hydrogens is 204 g/mol. The van der Waals surface area contributed by atoms with E-state index in [-0.39, 0.29) is 0 Å². The first-order valence-corrected chi connectivity index (χ1v) is 7.15. The minimum absolute atomic E-state index is 0.348. The average Bonchev–Trinajstić information content (AvgIpc) is 2.18. The molecule has 88 valence electrons. The number of nitrogens with zero attached hydrogens (tertiary/aromatic N) is 1. The molecule has 2 aliphatic rings. The van der Waals surface area contributed by atoms with Crippen molar-refractivity contribution in [2.45, 2.75) is 50.4 Å². The van der Waals surface area contributed by atoms with Crippen molar-refractivity contribution in [2.75, 3.05) is 25.4 Å². The van der Waals surface area contributed by atoms with Crippen molar-refractivity contribution >= 4 is 11.8 Å². The molecule has 0 aromatic carbocycles. The summed E-state index contributed by atoms with van der Waals surface area (Å²) in [6.07, 6.45) is 3.97. The number of rotatable bonds is 0. The van der Waals surface area contributed by atoms with Crippen LogP contribution in [0, 0.1) is 0 Å². The monoisotopic (exact) mass is 228 g/mol. The highest BCUT2D eigenvalue weighted by atomic mass is 32.2. The summed E-state index contributed by atoms with van der Waals surface area (Å²) < 4.78 is 0. The van der Waals surface area contributed by atoms with Crippen LogP contribution in [-0.4, -0.2) is 40.7 Å². The number of thioether (sulfide) groups is 1. The van der Waals surface area contributed by atoms with E-state index >= 15 is 0 Å². The summed E-state index contributed by atoms with van der Waals surface area (Å²) in [5.74, 6) is 1.35. The average molecular weight is 228 g/mol. The number of likely N-dealkylation sites (tertiary alicyclic amines) is 1. The van der Waals surface area contributed by atoms with Crippen molar-refractivity contribution in [1.82, 2.24) is 10.2 Å². The van der Waals surface area contributed by atoms with E-state index in [4.69, 9.17) is 0 Å². The van der Waals surface area contributed by atoms with Gasteiger partial charge in [-0.05, 0) is 52.3 Å². The molecule has 15 heavy (non-hydrogen) atoms. The van der Waals surface area contributed by atoms with Crippen molar-refractivity contribution in [1.29, 1.82) is 0 Å². The molecule has 2 heterocycles. The molecule has 0 atom stereocenters. The molecule has 0 radical (unpaired) electrons. The minimum atomic E-state index is 0.348. The molecule has 2 fully saturated rings. The highest BCUT2D eigenvalue weighted by molar-refractivity contribution is 8.00. The Hall–Kier alpha value is 0.270. The standard InChI is InChI=1S/C12H24N2S/c1-11(2,3)14-8-5-12(6-9-14)13-7-4-10-15-12/h13H,4-10H2,1-3H3. The zero-order valence-electron chi connectivity index (χ0n) is 10.3. The van der Waals surface area contributed by atoms with Crippen LogP contribution in [0.15, 0.2) is 0 Å². The predicted molar refractivity (Wildman–Crippen MR) is 68.4 cm³/mol. The quantitative estimate of drug-likeness (QED) is 0.685. The van der Waals surface area contributed by atoms with E-state index in [2.05, 4.69) is 42.7 Å². The van der Waals surface area contributed by atoms with Gasteiger partial charge in [-0.3, -0.25) is 4.90 Å². The summed E-state index contributed by atoms with van der Waals surface area (Å²) in [6.45, 7) is 10.7. The van der Waals surface area contributed by atoms with Gasteiger partial charge in [-0.1, -0.05) is 0 Å². The highest BCUT2D eigenvalue weighted by Gasteiger charge is 2.38. The van der Waals surface area contributed by atoms with E-state index < -0.39 is 0 Å². The summed E-state index contributed by atoms with van der Waals surface area (Å²) in [5, 5.41) is 3.74. The van der Waals surface area contributed by atoms with Crippen molar-refractivity contribution < 1.29 is 0 Å². The minimum Gasteiger partial charge on any atom is -0.303 e. The van der Waals surface area contributed by atoms with E-state index in [1.807, 2.05) is 0 Å². The van der Waals surface area contributed by atoms with Gasteiger partial charge in [0.05, 0.1) is 4.87 Å². The van der Waals surface area contributed by atoms with Gasteiger partial charge in [0.15, 0.2) is 0 Å². The van der Waals surface area contributed by atoms with Gasteiger partial charge in [-0.15, -0.1) is 11.8 Å². The van der Waals surface area contributed by atoms with Gasteiger partial charge in [-0.25, -0.2) is 0 Å². The van der Waals surface area contributed by atoms with Gasteiger partial charge in [0.2, 0.25) is 0 Å². The molecule has 0 aliphatic carbocycles. The maximum atomic E-state index is 3.74. The second-order valence-corrected chi connectivity index (χ2v) is 7.26. The lowest BCUT2D eigenvalue weighted by atomic mass is 9.97. The molecule has 2 rings (SSSR count). The summed E-state index contributed by atoms with van der Waals surface area (Å²) in [5.41, 5.74) is 0.348. The Bertz CT molecular complexity index is 206. The number of hydrogen-bond acceptors (Lipinski definition) is 3. The molecule has 0 amide bonds. The van der Waals surface area contributed by atoms with Crippen LogP contribution in [0.5, 0.6) is 0 Å². The van der Waals surface area contributed by atoms with E-state index in [0.29, 0.717) is 10.4 Å². The molecule has 0 aromatic rings. The van der Waals surface area contributed by atoms with Crippen LogP contribution in [-0.2, 0) is 0 Å². The Labute approximate surface area is 98.2 Å². The molecule has 2 saturated heterocycles. The van der Waals surface area contributed by atoms with Gasteiger partial charge in [0.1, 0.15) is 0 Å². The van der Waals surface area contributed by atoms with Crippen LogP contribution in [0.4, 0.5) is 0 Å². The van der Waals surface area contributed by atoms with Crippen LogP contribution in [0.25, 0.3) is 0 Å². The fourth-order valence-electron chi connectivity index (χ4n) is 2.57. The lowest BCUT2D eigenvalue weighted by Crippen LogP contribution is -2.56. The topological polar surface area (TPSA) is 15.3 Å². The van der Waals surface area contributed by atoms with Gasteiger partial charge in [-0.2, -0.15) is 0 Å². The van der Waals surface area contributed by atoms with E-state index in [0.717, 1.165) is 0 Å². The SMILES string of the molecule is CC(C)(C)N1CCC2(CC1)NCCCS2. The van der Waals surface area contributed by atoms with E-state index in [1.54, 1.807) is 0 Å². The van der Waals surface area contributed by atoms with E-state index in [9.17, 15) is 0 Å². The van der Waals surface area contributed by atoms with Crippen molar-refractivity contribution in [2.24, 2.45) is 0 Å².